The third-order valence-corrected chi connectivity index (χ3v) is 2.81. The van der Waals surface area contributed by atoms with Crippen molar-refractivity contribution in [3.63, 3.8) is 0 Å². The molecule has 1 fully saturated rings. The molecule has 2 unspecified atom stereocenters. The maximum atomic E-state index is 11.1. The van der Waals surface area contributed by atoms with Gasteiger partial charge in [0.25, 0.3) is 0 Å². The van der Waals surface area contributed by atoms with Crippen LogP contribution in [0.15, 0.2) is 4.99 Å². The zero-order valence-corrected chi connectivity index (χ0v) is 11.0. The molecule has 2 atom stereocenters. The first-order valence-corrected chi connectivity index (χ1v) is 6.30. The summed E-state index contributed by atoms with van der Waals surface area (Å²) < 4.78 is 4.85. The number of hydrogen-bond donors (Lipinski definition) is 2. The lowest BCUT2D eigenvalue weighted by Gasteiger charge is -2.11. The molecule has 0 bridgehead atoms. The Morgan fingerprint density at radius 2 is 2.24 bits per heavy atom. The van der Waals surface area contributed by atoms with Gasteiger partial charge in [0, 0.05) is 26.1 Å². The first-order valence-electron chi connectivity index (χ1n) is 6.30. The van der Waals surface area contributed by atoms with Gasteiger partial charge in [-0.05, 0) is 25.7 Å². The third kappa shape index (κ3) is 5.56. The van der Waals surface area contributed by atoms with Gasteiger partial charge in [-0.1, -0.05) is 6.92 Å². The van der Waals surface area contributed by atoms with Crippen LogP contribution in [-0.4, -0.2) is 38.2 Å². The summed E-state index contributed by atoms with van der Waals surface area (Å²) in [7, 11) is 1.76. The average molecular weight is 241 g/mol. The van der Waals surface area contributed by atoms with Gasteiger partial charge in [-0.15, -0.1) is 0 Å². The molecule has 98 valence electrons. The van der Waals surface area contributed by atoms with E-state index < -0.39 is 0 Å². The maximum Gasteiger partial charge on any atom is 0.305 e. The van der Waals surface area contributed by atoms with Crippen LogP contribution in [0.4, 0.5) is 0 Å². The summed E-state index contributed by atoms with van der Waals surface area (Å²) in [5.41, 5.74) is 0. The largest absolute Gasteiger partial charge is 0.466 e. The number of nitrogens with zero attached hydrogens (tertiary/aromatic N) is 1. The first kappa shape index (κ1) is 13.8. The van der Waals surface area contributed by atoms with Crippen molar-refractivity contribution in [1.29, 1.82) is 0 Å². The topological polar surface area (TPSA) is 62.7 Å². The number of esters is 1. The predicted molar refractivity (Wildman–Crippen MR) is 67.9 cm³/mol. The van der Waals surface area contributed by atoms with Crippen LogP contribution in [0.1, 0.15) is 33.1 Å². The normalized spacial score (nSPS) is 23.1. The summed E-state index contributed by atoms with van der Waals surface area (Å²) in [6.07, 6.45) is 2.43. The van der Waals surface area contributed by atoms with Crippen LogP contribution in [0.25, 0.3) is 0 Å². The van der Waals surface area contributed by atoms with Gasteiger partial charge in [0.1, 0.15) is 0 Å². The Morgan fingerprint density at radius 1 is 1.53 bits per heavy atom. The lowest BCUT2D eigenvalue weighted by Crippen LogP contribution is -2.39. The molecule has 0 spiro atoms. The summed E-state index contributed by atoms with van der Waals surface area (Å²) in [5, 5.41) is 6.52. The first-order chi connectivity index (χ1) is 8.17. The van der Waals surface area contributed by atoms with Crippen molar-refractivity contribution in [1.82, 2.24) is 10.6 Å². The second kappa shape index (κ2) is 7.14. The third-order valence-electron chi connectivity index (χ3n) is 2.81. The van der Waals surface area contributed by atoms with E-state index >= 15 is 0 Å². The SMILES string of the molecule is CCOC(=O)CCCNC(=NC)NC1CC1C. The van der Waals surface area contributed by atoms with Gasteiger partial charge in [0.2, 0.25) is 0 Å². The van der Waals surface area contributed by atoms with E-state index in [9.17, 15) is 4.79 Å². The fourth-order valence-electron chi connectivity index (χ4n) is 1.57. The smallest absolute Gasteiger partial charge is 0.305 e. The van der Waals surface area contributed by atoms with Crippen LogP contribution in [0.2, 0.25) is 0 Å². The van der Waals surface area contributed by atoms with Gasteiger partial charge in [0.05, 0.1) is 6.61 Å². The van der Waals surface area contributed by atoms with Crippen molar-refractivity contribution in [3.05, 3.63) is 0 Å². The summed E-state index contributed by atoms with van der Waals surface area (Å²) >= 11 is 0. The Kier molecular flexibility index (Phi) is 5.80. The van der Waals surface area contributed by atoms with E-state index in [2.05, 4.69) is 22.5 Å². The highest BCUT2D eigenvalue weighted by Crippen LogP contribution is 2.28. The van der Waals surface area contributed by atoms with Gasteiger partial charge in [-0.3, -0.25) is 9.79 Å². The number of rotatable bonds is 6. The van der Waals surface area contributed by atoms with E-state index in [-0.39, 0.29) is 5.97 Å². The molecule has 0 amide bonds. The Balaban J connectivity index is 2.06. The number of hydrogen-bond acceptors (Lipinski definition) is 3. The monoisotopic (exact) mass is 241 g/mol. The van der Waals surface area contributed by atoms with Gasteiger partial charge in [-0.25, -0.2) is 0 Å². The van der Waals surface area contributed by atoms with E-state index in [0.717, 1.165) is 24.8 Å². The van der Waals surface area contributed by atoms with Crippen LogP contribution in [0.3, 0.4) is 0 Å². The number of carbonyl (C=O) groups is 1. The second-order valence-corrected chi connectivity index (χ2v) is 4.37. The Bertz CT molecular complexity index is 279. The molecule has 5 heteroatoms. The van der Waals surface area contributed by atoms with Crippen LogP contribution in [0.5, 0.6) is 0 Å². The maximum absolute atomic E-state index is 11.1. The molecule has 2 N–H and O–H groups in total. The predicted octanol–water partition coefficient (Wildman–Crippen LogP) is 0.903. The molecule has 0 saturated heterocycles. The number of nitrogens with one attached hydrogen (secondary N) is 2. The zero-order valence-electron chi connectivity index (χ0n) is 11.0. The average Bonchev–Trinajstić information content (AvgIpc) is 2.99. The minimum Gasteiger partial charge on any atom is -0.466 e. The fraction of sp³-hybridized carbons (Fsp3) is 0.833. The summed E-state index contributed by atoms with van der Waals surface area (Å²) in [6.45, 7) is 5.22. The highest BCUT2D eigenvalue weighted by Gasteiger charge is 2.33. The molecule has 1 rings (SSSR count). The molecule has 17 heavy (non-hydrogen) atoms. The summed E-state index contributed by atoms with van der Waals surface area (Å²) in [5.74, 6) is 1.43. The molecule has 5 nitrogen and oxygen atoms in total. The number of aliphatic imine (C=N–C) groups is 1. The molecule has 0 aromatic rings. The van der Waals surface area contributed by atoms with Gasteiger partial charge in [0.15, 0.2) is 5.96 Å². The molecule has 0 heterocycles. The van der Waals surface area contributed by atoms with Crippen molar-refractivity contribution in [2.24, 2.45) is 10.9 Å². The van der Waals surface area contributed by atoms with Crippen LogP contribution in [0, 0.1) is 5.92 Å². The van der Waals surface area contributed by atoms with Crippen LogP contribution >= 0.6 is 0 Å². The molecule has 0 aromatic heterocycles. The minimum absolute atomic E-state index is 0.131. The van der Waals surface area contributed by atoms with Gasteiger partial charge >= 0.3 is 5.97 Å². The van der Waals surface area contributed by atoms with E-state index in [1.807, 2.05) is 6.92 Å². The van der Waals surface area contributed by atoms with Gasteiger partial charge < -0.3 is 15.4 Å². The fourth-order valence-corrected chi connectivity index (χ4v) is 1.57. The number of carbonyl (C=O) groups excluding carboxylic acids is 1. The Hall–Kier alpha value is -1.26. The van der Waals surface area contributed by atoms with Crippen molar-refractivity contribution >= 4 is 11.9 Å². The molecule has 0 aromatic carbocycles. The van der Waals surface area contributed by atoms with Crippen LogP contribution < -0.4 is 10.6 Å². The van der Waals surface area contributed by atoms with Crippen molar-refractivity contribution < 1.29 is 9.53 Å². The summed E-state index contributed by atoms with van der Waals surface area (Å²) in [6, 6.07) is 0.561. The zero-order chi connectivity index (χ0) is 12.7. The molecule has 1 aliphatic rings. The summed E-state index contributed by atoms with van der Waals surface area (Å²) in [4.78, 5) is 15.2. The van der Waals surface area contributed by atoms with Crippen molar-refractivity contribution in [3.8, 4) is 0 Å². The minimum atomic E-state index is -0.131. The number of ether oxygens (including phenoxy) is 1. The van der Waals surface area contributed by atoms with E-state index in [4.69, 9.17) is 4.74 Å². The van der Waals surface area contributed by atoms with E-state index in [1.54, 1.807) is 7.05 Å². The molecule has 1 saturated carbocycles. The van der Waals surface area contributed by atoms with Crippen LogP contribution in [-0.2, 0) is 9.53 Å². The highest BCUT2D eigenvalue weighted by atomic mass is 16.5. The lowest BCUT2D eigenvalue weighted by molar-refractivity contribution is -0.143. The molecular formula is C12H23N3O2. The van der Waals surface area contributed by atoms with E-state index in [0.29, 0.717) is 19.1 Å². The quantitative estimate of drug-likeness (QED) is 0.314. The van der Waals surface area contributed by atoms with Crippen molar-refractivity contribution in [2.45, 2.75) is 39.2 Å². The highest BCUT2D eigenvalue weighted by molar-refractivity contribution is 5.80. The Labute approximate surface area is 103 Å². The van der Waals surface area contributed by atoms with Crippen molar-refractivity contribution in [2.75, 3.05) is 20.2 Å². The molecule has 0 aliphatic heterocycles. The lowest BCUT2D eigenvalue weighted by atomic mass is 10.3. The number of guanidine groups is 1. The Morgan fingerprint density at radius 3 is 2.76 bits per heavy atom. The molecule has 1 aliphatic carbocycles. The van der Waals surface area contributed by atoms with Gasteiger partial charge in [-0.2, -0.15) is 0 Å². The van der Waals surface area contributed by atoms with E-state index in [1.165, 1.54) is 6.42 Å². The second-order valence-electron chi connectivity index (χ2n) is 4.37. The molecule has 0 radical (unpaired) electrons. The molecular weight excluding hydrogens is 218 g/mol. The standard InChI is InChI=1S/C12H23N3O2/c1-4-17-11(16)6-5-7-14-12(13-3)15-10-8-9(10)2/h9-10H,4-8H2,1-3H3,(H2,13,14,15).